The Morgan fingerprint density at radius 3 is 2.56 bits per heavy atom. The minimum absolute atomic E-state index is 0.0423. The summed E-state index contributed by atoms with van der Waals surface area (Å²) in [5.41, 5.74) is 4.16. The molecule has 0 saturated carbocycles. The number of imidazole rings is 1. The van der Waals surface area contributed by atoms with E-state index in [0.717, 1.165) is 0 Å². The molecule has 0 radical (unpaired) electrons. The Balaban J connectivity index is 3.02. The second kappa shape index (κ2) is 3.87. The molecule has 0 atom stereocenters. The first-order chi connectivity index (χ1) is 7.15. The number of nitrogens with zero attached hydrogens (tertiary/aromatic N) is 1. The summed E-state index contributed by atoms with van der Waals surface area (Å²) in [6.07, 6.45) is 1.22. The fourth-order valence-electron chi connectivity index (χ4n) is 0.981. The molecule has 0 aliphatic rings. The lowest BCUT2D eigenvalue weighted by Crippen LogP contribution is -2.52. The summed E-state index contributed by atoms with van der Waals surface area (Å²) in [6.45, 7) is 4.67. The summed E-state index contributed by atoms with van der Waals surface area (Å²) >= 11 is 0. The molecule has 1 aromatic rings. The third kappa shape index (κ3) is 2.58. The number of aryl methyl sites for hydroxylation is 1. The Kier molecular flexibility index (Phi) is 3.06. The molecule has 7 nitrogen and oxygen atoms in total. The van der Waals surface area contributed by atoms with E-state index in [1.54, 1.807) is 6.92 Å². The van der Waals surface area contributed by atoms with Crippen LogP contribution in [0.15, 0.2) is 11.2 Å². The summed E-state index contributed by atoms with van der Waals surface area (Å²) in [4.78, 5) is 6.40. The molecule has 1 rings (SSSR count). The molecule has 0 unspecified atom stereocenters. The molecule has 90 valence electrons. The van der Waals surface area contributed by atoms with Crippen molar-refractivity contribution in [2.45, 2.75) is 31.3 Å². The molecule has 1 heterocycles. The van der Waals surface area contributed by atoms with Gasteiger partial charge in [-0.15, -0.1) is 0 Å². The summed E-state index contributed by atoms with van der Waals surface area (Å²) in [5, 5.41) is 7.23. The number of aromatic amines is 1. The van der Waals surface area contributed by atoms with Gasteiger partial charge in [0, 0.05) is 0 Å². The Morgan fingerprint density at radius 2 is 2.19 bits per heavy atom. The van der Waals surface area contributed by atoms with Gasteiger partial charge < -0.3 is 10.7 Å². The van der Waals surface area contributed by atoms with Crippen molar-refractivity contribution in [1.29, 1.82) is 5.41 Å². The monoisotopic (exact) mass is 245 g/mol. The smallest absolute Gasteiger partial charge is 0.258 e. The number of rotatable bonds is 4. The van der Waals surface area contributed by atoms with Crippen LogP contribution in [0.1, 0.15) is 19.7 Å². The van der Waals surface area contributed by atoms with E-state index in [2.05, 4.69) is 14.7 Å². The minimum atomic E-state index is -3.73. The maximum Gasteiger partial charge on any atom is 0.258 e. The van der Waals surface area contributed by atoms with Crippen molar-refractivity contribution in [1.82, 2.24) is 14.7 Å². The standard InChI is InChI=1S/C8H15N5O2S/c1-5-11-4-6(12-5)16(14,15)13-8(2,3)7(9)10/h4,13H,1-3H3,(H3,9,10)(H,11,12). The Labute approximate surface area is 94.0 Å². The maximum absolute atomic E-state index is 11.8. The minimum Gasteiger partial charge on any atom is -0.386 e. The van der Waals surface area contributed by atoms with E-state index in [1.807, 2.05) is 0 Å². The van der Waals surface area contributed by atoms with Gasteiger partial charge in [-0.1, -0.05) is 0 Å². The van der Waals surface area contributed by atoms with Gasteiger partial charge in [0.1, 0.15) is 11.7 Å². The quantitative estimate of drug-likeness (QED) is 0.429. The number of sulfonamides is 1. The van der Waals surface area contributed by atoms with Crippen LogP contribution in [0.2, 0.25) is 0 Å². The summed E-state index contributed by atoms with van der Waals surface area (Å²) in [7, 11) is -3.73. The van der Waals surface area contributed by atoms with Gasteiger partial charge in [-0.3, -0.25) is 5.41 Å². The van der Waals surface area contributed by atoms with Crippen LogP contribution in [0.5, 0.6) is 0 Å². The molecule has 0 fully saturated rings. The number of hydrogen-bond acceptors (Lipinski definition) is 4. The molecular formula is C8H15N5O2S. The van der Waals surface area contributed by atoms with E-state index in [0.29, 0.717) is 5.82 Å². The van der Waals surface area contributed by atoms with Gasteiger partial charge in [-0.05, 0) is 20.8 Å². The van der Waals surface area contributed by atoms with Crippen molar-refractivity contribution in [2.75, 3.05) is 0 Å². The second-order valence-corrected chi connectivity index (χ2v) is 5.63. The molecule has 0 saturated heterocycles. The summed E-state index contributed by atoms with van der Waals surface area (Å²) < 4.78 is 26.0. The van der Waals surface area contributed by atoms with Crippen molar-refractivity contribution in [3.8, 4) is 0 Å². The average molecular weight is 245 g/mol. The lowest BCUT2D eigenvalue weighted by molar-refractivity contribution is 0.539. The molecule has 0 spiro atoms. The van der Waals surface area contributed by atoms with Gasteiger partial charge >= 0.3 is 0 Å². The number of aromatic nitrogens is 2. The number of amidine groups is 1. The molecule has 0 aromatic carbocycles. The van der Waals surface area contributed by atoms with Crippen LogP contribution in [0.25, 0.3) is 0 Å². The van der Waals surface area contributed by atoms with E-state index < -0.39 is 15.6 Å². The van der Waals surface area contributed by atoms with Crippen molar-refractivity contribution in [3.63, 3.8) is 0 Å². The summed E-state index contributed by atoms with van der Waals surface area (Å²) in [6, 6.07) is 0. The first-order valence-electron chi connectivity index (χ1n) is 4.55. The Bertz CT molecular complexity index is 502. The average Bonchev–Trinajstić information content (AvgIpc) is 2.50. The molecular weight excluding hydrogens is 230 g/mol. The SMILES string of the molecule is Cc1ncc(S(=O)(=O)NC(C)(C)C(=N)N)[nH]1. The van der Waals surface area contributed by atoms with Gasteiger partial charge in [0.2, 0.25) is 0 Å². The normalized spacial score (nSPS) is 12.7. The van der Waals surface area contributed by atoms with E-state index in [9.17, 15) is 8.42 Å². The third-order valence-electron chi connectivity index (χ3n) is 2.03. The maximum atomic E-state index is 11.8. The second-order valence-electron chi connectivity index (χ2n) is 3.98. The number of nitrogens with two attached hydrogens (primary N) is 1. The van der Waals surface area contributed by atoms with E-state index in [-0.39, 0.29) is 10.9 Å². The molecule has 5 N–H and O–H groups in total. The van der Waals surface area contributed by atoms with Gasteiger partial charge in [0.15, 0.2) is 5.03 Å². The third-order valence-corrected chi connectivity index (χ3v) is 3.60. The van der Waals surface area contributed by atoms with E-state index in [1.165, 1.54) is 20.0 Å². The van der Waals surface area contributed by atoms with Crippen LogP contribution in [0, 0.1) is 12.3 Å². The predicted molar refractivity (Wildman–Crippen MR) is 59.6 cm³/mol. The predicted octanol–water partition coefficient (Wildman–Crippen LogP) is -0.289. The van der Waals surface area contributed by atoms with Crippen LogP contribution in [-0.4, -0.2) is 29.8 Å². The van der Waals surface area contributed by atoms with Crippen molar-refractivity contribution >= 4 is 15.9 Å². The number of nitrogens with one attached hydrogen (secondary N) is 3. The molecule has 0 aliphatic heterocycles. The Morgan fingerprint density at radius 1 is 1.62 bits per heavy atom. The molecule has 8 heteroatoms. The van der Waals surface area contributed by atoms with Crippen LogP contribution >= 0.6 is 0 Å². The van der Waals surface area contributed by atoms with E-state index >= 15 is 0 Å². The first-order valence-corrected chi connectivity index (χ1v) is 6.03. The lowest BCUT2D eigenvalue weighted by Gasteiger charge is -2.23. The molecule has 0 bridgehead atoms. The van der Waals surface area contributed by atoms with Gasteiger partial charge in [-0.25, -0.2) is 13.4 Å². The summed E-state index contributed by atoms with van der Waals surface area (Å²) in [5.74, 6) is 0.244. The molecule has 1 aromatic heterocycles. The van der Waals surface area contributed by atoms with E-state index in [4.69, 9.17) is 11.1 Å². The van der Waals surface area contributed by atoms with Crippen molar-refractivity contribution < 1.29 is 8.42 Å². The molecule has 16 heavy (non-hydrogen) atoms. The Hall–Kier alpha value is -1.41. The zero-order valence-electron chi connectivity index (χ0n) is 9.33. The highest BCUT2D eigenvalue weighted by Crippen LogP contribution is 2.10. The highest BCUT2D eigenvalue weighted by atomic mass is 32.2. The number of H-pyrrole nitrogens is 1. The van der Waals surface area contributed by atoms with Crippen molar-refractivity contribution in [3.05, 3.63) is 12.0 Å². The van der Waals surface area contributed by atoms with Crippen LogP contribution < -0.4 is 10.5 Å². The van der Waals surface area contributed by atoms with Crippen LogP contribution in [0.3, 0.4) is 0 Å². The van der Waals surface area contributed by atoms with Gasteiger partial charge in [-0.2, -0.15) is 4.72 Å². The number of hydrogen-bond donors (Lipinski definition) is 4. The van der Waals surface area contributed by atoms with Crippen molar-refractivity contribution in [2.24, 2.45) is 5.73 Å². The van der Waals surface area contributed by atoms with Gasteiger partial charge in [0.05, 0.1) is 11.7 Å². The van der Waals surface area contributed by atoms with Gasteiger partial charge in [0.25, 0.3) is 10.0 Å². The fraction of sp³-hybridized carbons (Fsp3) is 0.500. The fourth-order valence-corrected chi connectivity index (χ4v) is 2.35. The topological polar surface area (TPSA) is 125 Å². The largest absolute Gasteiger partial charge is 0.386 e. The lowest BCUT2D eigenvalue weighted by atomic mass is 10.1. The van der Waals surface area contributed by atoms with Crippen LogP contribution in [0.4, 0.5) is 0 Å². The molecule has 0 aliphatic carbocycles. The highest BCUT2D eigenvalue weighted by molar-refractivity contribution is 7.89. The highest BCUT2D eigenvalue weighted by Gasteiger charge is 2.29. The van der Waals surface area contributed by atoms with Crippen LogP contribution in [-0.2, 0) is 10.0 Å². The zero-order chi connectivity index (χ0) is 12.6. The molecule has 0 amide bonds. The zero-order valence-corrected chi connectivity index (χ0v) is 10.1. The first kappa shape index (κ1) is 12.7.